The van der Waals surface area contributed by atoms with E-state index in [4.69, 9.17) is 4.74 Å². The lowest BCUT2D eigenvalue weighted by molar-refractivity contribution is -0.142. The van der Waals surface area contributed by atoms with Crippen molar-refractivity contribution in [2.75, 3.05) is 0 Å². The first-order valence-electron chi connectivity index (χ1n) is 9.14. The number of carbonyl (C=O) groups is 3. The van der Waals surface area contributed by atoms with E-state index in [9.17, 15) is 23.9 Å². The van der Waals surface area contributed by atoms with Crippen molar-refractivity contribution in [2.24, 2.45) is 5.92 Å². The summed E-state index contributed by atoms with van der Waals surface area (Å²) in [7, 11) is 0. The number of aliphatic carboxylic acids is 1. The molecule has 0 saturated carbocycles. The normalized spacial score (nSPS) is 13.5. The van der Waals surface area contributed by atoms with Crippen LogP contribution in [-0.4, -0.2) is 40.8 Å². The average molecular weight is 396 g/mol. The van der Waals surface area contributed by atoms with Gasteiger partial charge in [0.25, 0.3) is 0 Å². The number of hydrogen-bond donors (Lipinski definition) is 3. The molecule has 2 atom stereocenters. The standard InChI is InChI=1S/C20H29FN2O5/c1-12(2)10-16(18(25)26)22-17(24)15(23-19(27)28-20(3,4)5)11-13-6-8-14(21)9-7-13/h6-9,12,15-16H,10-11H2,1-5H3,(H,22,24)(H,23,27)(H,25,26). The monoisotopic (exact) mass is 396 g/mol. The zero-order valence-corrected chi connectivity index (χ0v) is 16.9. The number of carboxylic acids is 1. The predicted molar refractivity (Wildman–Crippen MR) is 102 cm³/mol. The van der Waals surface area contributed by atoms with Gasteiger partial charge >= 0.3 is 12.1 Å². The molecule has 1 aromatic carbocycles. The van der Waals surface area contributed by atoms with E-state index in [1.807, 2.05) is 13.8 Å². The minimum absolute atomic E-state index is 0.0516. The van der Waals surface area contributed by atoms with Crippen LogP contribution in [0.2, 0.25) is 0 Å². The molecule has 8 heteroatoms. The largest absolute Gasteiger partial charge is 0.480 e. The minimum atomic E-state index is -1.15. The van der Waals surface area contributed by atoms with Crippen molar-refractivity contribution < 1.29 is 28.6 Å². The van der Waals surface area contributed by atoms with Crippen LogP contribution in [0.5, 0.6) is 0 Å². The van der Waals surface area contributed by atoms with Gasteiger partial charge in [0.05, 0.1) is 0 Å². The highest BCUT2D eigenvalue weighted by Gasteiger charge is 2.28. The second-order valence-electron chi connectivity index (χ2n) is 8.06. The fraction of sp³-hybridized carbons (Fsp3) is 0.550. The van der Waals surface area contributed by atoms with Crippen LogP contribution in [0.1, 0.15) is 46.6 Å². The lowest BCUT2D eigenvalue weighted by Crippen LogP contribution is -2.53. The minimum Gasteiger partial charge on any atom is -0.480 e. The van der Waals surface area contributed by atoms with Gasteiger partial charge in [-0.2, -0.15) is 0 Å². The Balaban J connectivity index is 2.96. The second-order valence-corrected chi connectivity index (χ2v) is 8.06. The predicted octanol–water partition coefficient (Wildman–Crippen LogP) is 2.88. The van der Waals surface area contributed by atoms with Crippen LogP contribution in [0.4, 0.5) is 9.18 Å². The van der Waals surface area contributed by atoms with Crippen molar-refractivity contribution >= 4 is 18.0 Å². The number of nitrogens with one attached hydrogen (secondary N) is 2. The highest BCUT2D eigenvalue weighted by molar-refractivity contribution is 5.89. The third-order valence-electron chi connectivity index (χ3n) is 3.68. The summed E-state index contributed by atoms with van der Waals surface area (Å²) in [6.45, 7) is 8.74. The quantitative estimate of drug-likeness (QED) is 0.627. The van der Waals surface area contributed by atoms with Crippen LogP contribution in [0.15, 0.2) is 24.3 Å². The Hall–Kier alpha value is -2.64. The third kappa shape index (κ3) is 8.83. The third-order valence-corrected chi connectivity index (χ3v) is 3.68. The zero-order valence-electron chi connectivity index (χ0n) is 16.9. The molecule has 2 amide bonds. The van der Waals surface area contributed by atoms with E-state index in [0.717, 1.165) is 0 Å². The van der Waals surface area contributed by atoms with Crippen molar-refractivity contribution in [3.63, 3.8) is 0 Å². The van der Waals surface area contributed by atoms with E-state index in [0.29, 0.717) is 5.56 Å². The first-order chi connectivity index (χ1) is 12.9. The molecule has 2 unspecified atom stereocenters. The molecule has 1 aromatic rings. The molecule has 7 nitrogen and oxygen atoms in total. The summed E-state index contributed by atoms with van der Waals surface area (Å²) in [6, 6.07) is 3.33. The molecular formula is C20H29FN2O5. The van der Waals surface area contributed by atoms with Crippen LogP contribution in [0.3, 0.4) is 0 Å². The van der Waals surface area contributed by atoms with Crippen molar-refractivity contribution in [3.8, 4) is 0 Å². The Kier molecular flexibility index (Phi) is 8.40. The first kappa shape index (κ1) is 23.4. The van der Waals surface area contributed by atoms with Gasteiger partial charge in [-0.15, -0.1) is 0 Å². The van der Waals surface area contributed by atoms with Gasteiger partial charge in [-0.05, 0) is 50.8 Å². The summed E-state index contributed by atoms with van der Waals surface area (Å²) < 4.78 is 18.3. The summed E-state index contributed by atoms with van der Waals surface area (Å²) in [4.78, 5) is 36.2. The van der Waals surface area contributed by atoms with Gasteiger partial charge in [-0.1, -0.05) is 26.0 Å². The molecule has 0 aliphatic rings. The average Bonchev–Trinajstić information content (AvgIpc) is 2.53. The van der Waals surface area contributed by atoms with Crippen molar-refractivity contribution in [1.29, 1.82) is 0 Å². The molecule has 0 fully saturated rings. The van der Waals surface area contributed by atoms with E-state index >= 15 is 0 Å². The van der Waals surface area contributed by atoms with Gasteiger partial charge in [-0.3, -0.25) is 4.79 Å². The van der Waals surface area contributed by atoms with Gasteiger partial charge in [0.1, 0.15) is 23.5 Å². The molecule has 156 valence electrons. The smallest absolute Gasteiger partial charge is 0.408 e. The van der Waals surface area contributed by atoms with Gasteiger partial charge in [-0.25, -0.2) is 14.0 Å². The van der Waals surface area contributed by atoms with Crippen molar-refractivity contribution in [3.05, 3.63) is 35.6 Å². The van der Waals surface area contributed by atoms with Gasteiger partial charge in [0.15, 0.2) is 0 Å². The Labute approximate surface area is 164 Å². The van der Waals surface area contributed by atoms with Crippen molar-refractivity contribution in [2.45, 2.75) is 65.1 Å². The molecule has 0 spiro atoms. The highest BCUT2D eigenvalue weighted by Crippen LogP contribution is 2.11. The number of amides is 2. The number of rotatable bonds is 8. The number of carbonyl (C=O) groups excluding carboxylic acids is 2. The Morgan fingerprint density at radius 2 is 1.64 bits per heavy atom. The lowest BCUT2D eigenvalue weighted by atomic mass is 10.0. The number of alkyl carbamates (subject to hydrolysis) is 1. The highest BCUT2D eigenvalue weighted by atomic mass is 19.1. The molecule has 0 radical (unpaired) electrons. The summed E-state index contributed by atoms with van der Waals surface area (Å²) in [5.74, 6) is -2.17. The number of ether oxygens (including phenoxy) is 1. The number of hydrogen-bond acceptors (Lipinski definition) is 4. The maximum atomic E-state index is 13.1. The molecule has 28 heavy (non-hydrogen) atoms. The Bertz CT molecular complexity index is 683. The van der Waals surface area contributed by atoms with E-state index in [-0.39, 0.29) is 18.8 Å². The molecule has 0 heterocycles. The SMILES string of the molecule is CC(C)CC(NC(=O)C(Cc1ccc(F)cc1)NC(=O)OC(C)(C)C)C(=O)O. The van der Waals surface area contributed by atoms with E-state index in [2.05, 4.69) is 10.6 Å². The van der Waals surface area contributed by atoms with Crippen LogP contribution >= 0.6 is 0 Å². The fourth-order valence-corrected chi connectivity index (χ4v) is 2.48. The maximum absolute atomic E-state index is 13.1. The Morgan fingerprint density at radius 3 is 2.11 bits per heavy atom. The van der Waals surface area contributed by atoms with E-state index in [1.165, 1.54) is 24.3 Å². The van der Waals surface area contributed by atoms with E-state index < -0.39 is 41.5 Å². The summed E-state index contributed by atoms with van der Waals surface area (Å²) in [5, 5.41) is 14.3. The molecule has 0 saturated heterocycles. The number of halogens is 1. The number of benzene rings is 1. The molecule has 0 aromatic heterocycles. The molecule has 0 aliphatic heterocycles. The fourth-order valence-electron chi connectivity index (χ4n) is 2.48. The van der Waals surface area contributed by atoms with Gasteiger partial charge < -0.3 is 20.5 Å². The second kappa shape index (κ2) is 10.1. The van der Waals surface area contributed by atoms with Gasteiger partial charge in [0.2, 0.25) is 5.91 Å². The first-order valence-corrected chi connectivity index (χ1v) is 9.14. The van der Waals surface area contributed by atoms with Gasteiger partial charge in [0, 0.05) is 6.42 Å². The maximum Gasteiger partial charge on any atom is 0.408 e. The van der Waals surface area contributed by atoms with Crippen molar-refractivity contribution in [1.82, 2.24) is 10.6 Å². The molecule has 0 aliphatic carbocycles. The molecular weight excluding hydrogens is 367 g/mol. The molecule has 0 bridgehead atoms. The Morgan fingerprint density at radius 1 is 1.07 bits per heavy atom. The molecule has 3 N–H and O–H groups in total. The van der Waals surface area contributed by atoms with Crippen LogP contribution in [0.25, 0.3) is 0 Å². The summed E-state index contributed by atoms with van der Waals surface area (Å²) >= 11 is 0. The topological polar surface area (TPSA) is 105 Å². The van der Waals surface area contributed by atoms with Crippen LogP contribution in [-0.2, 0) is 20.7 Å². The molecule has 1 rings (SSSR count). The summed E-state index contributed by atoms with van der Waals surface area (Å²) in [5.41, 5.74) is -0.157. The van der Waals surface area contributed by atoms with Crippen LogP contribution < -0.4 is 10.6 Å². The van der Waals surface area contributed by atoms with E-state index in [1.54, 1.807) is 20.8 Å². The summed E-state index contributed by atoms with van der Waals surface area (Å²) in [6.07, 6.45) is -0.499. The zero-order chi connectivity index (χ0) is 21.5. The van der Waals surface area contributed by atoms with Crippen LogP contribution in [0, 0.1) is 11.7 Å². The lowest BCUT2D eigenvalue weighted by Gasteiger charge is -2.25. The number of carboxylic acid groups (broad SMARTS) is 1.